The van der Waals surface area contributed by atoms with Crippen LogP contribution in [0.2, 0.25) is 0 Å². The number of pyridine rings is 1. The summed E-state index contributed by atoms with van der Waals surface area (Å²) in [5.74, 6) is -2.32. The Morgan fingerprint density at radius 3 is 2.14 bits per heavy atom. The highest BCUT2D eigenvalue weighted by atomic mass is 19.4. The molecule has 1 aromatic heterocycles. The van der Waals surface area contributed by atoms with E-state index in [-0.39, 0.29) is 5.56 Å². The molecule has 10 heteroatoms. The van der Waals surface area contributed by atoms with E-state index >= 15 is 0 Å². The van der Waals surface area contributed by atoms with Crippen molar-refractivity contribution < 1.29 is 22.8 Å². The standard InChI is InChI=1S/C11H10F3N5O2/c12-11(13,14)7-2-1-6(3-15)10(18-7)19(4-8(16)20)5-9(17)21/h1-2H,4-5H2,(H2,16,20)(H2,17,21). The maximum absolute atomic E-state index is 12.6. The highest BCUT2D eigenvalue weighted by Crippen LogP contribution is 2.30. The molecular formula is C11H10F3N5O2. The van der Waals surface area contributed by atoms with Gasteiger partial charge in [0.2, 0.25) is 11.8 Å². The van der Waals surface area contributed by atoms with Gasteiger partial charge in [-0.25, -0.2) is 4.98 Å². The minimum atomic E-state index is -4.74. The number of carbonyl (C=O) groups is 2. The molecule has 1 rings (SSSR count). The second-order valence-corrected chi connectivity index (χ2v) is 3.97. The molecule has 7 nitrogen and oxygen atoms in total. The van der Waals surface area contributed by atoms with Crippen LogP contribution in [0.1, 0.15) is 11.3 Å². The Balaban J connectivity index is 3.36. The Hall–Kier alpha value is -2.83. The number of nitrogens with zero attached hydrogens (tertiary/aromatic N) is 3. The number of carbonyl (C=O) groups excluding carboxylic acids is 2. The second kappa shape index (κ2) is 6.08. The molecule has 0 aliphatic heterocycles. The molecule has 4 N–H and O–H groups in total. The monoisotopic (exact) mass is 301 g/mol. The molecule has 0 saturated heterocycles. The van der Waals surface area contributed by atoms with Gasteiger partial charge in [-0.3, -0.25) is 9.59 Å². The molecule has 0 spiro atoms. The van der Waals surface area contributed by atoms with Gasteiger partial charge in [-0.15, -0.1) is 0 Å². The summed E-state index contributed by atoms with van der Waals surface area (Å²) in [4.78, 5) is 26.0. The van der Waals surface area contributed by atoms with Crippen LogP contribution < -0.4 is 16.4 Å². The van der Waals surface area contributed by atoms with Gasteiger partial charge in [0, 0.05) is 0 Å². The van der Waals surface area contributed by atoms with Gasteiger partial charge in [0.15, 0.2) is 0 Å². The zero-order chi connectivity index (χ0) is 16.2. The van der Waals surface area contributed by atoms with E-state index in [0.29, 0.717) is 6.07 Å². The molecule has 0 aliphatic rings. The summed E-state index contributed by atoms with van der Waals surface area (Å²) in [5.41, 5.74) is 8.40. The van der Waals surface area contributed by atoms with Crippen LogP contribution in [0.4, 0.5) is 19.0 Å². The minimum Gasteiger partial charge on any atom is -0.368 e. The minimum absolute atomic E-state index is 0.245. The van der Waals surface area contributed by atoms with E-state index in [4.69, 9.17) is 16.7 Å². The lowest BCUT2D eigenvalue weighted by atomic mass is 10.2. The molecule has 0 aliphatic carbocycles. The predicted molar refractivity (Wildman–Crippen MR) is 64.6 cm³/mol. The van der Waals surface area contributed by atoms with E-state index < -0.39 is 42.6 Å². The van der Waals surface area contributed by atoms with Gasteiger partial charge < -0.3 is 16.4 Å². The lowest BCUT2D eigenvalue weighted by Gasteiger charge is -2.22. The molecular weight excluding hydrogens is 291 g/mol. The van der Waals surface area contributed by atoms with E-state index in [1.165, 1.54) is 0 Å². The van der Waals surface area contributed by atoms with Crippen LogP contribution in [0, 0.1) is 11.3 Å². The predicted octanol–water partition coefficient (Wildman–Crippen LogP) is -0.251. The number of hydrogen-bond donors (Lipinski definition) is 2. The fraction of sp³-hybridized carbons (Fsp3) is 0.273. The van der Waals surface area contributed by atoms with E-state index in [0.717, 1.165) is 11.0 Å². The first-order chi connectivity index (χ1) is 9.65. The number of hydrogen-bond acceptors (Lipinski definition) is 5. The maximum Gasteiger partial charge on any atom is 0.433 e. The second-order valence-electron chi connectivity index (χ2n) is 3.97. The number of nitriles is 1. The Labute approximate surface area is 116 Å². The molecule has 0 fully saturated rings. The third-order valence-electron chi connectivity index (χ3n) is 2.28. The van der Waals surface area contributed by atoms with Gasteiger partial charge in [-0.1, -0.05) is 0 Å². The highest BCUT2D eigenvalue weighted by Gasteiger charge is 2.34. The summed E-state index contributed by atoms with van der Waals surface area (Å²) in [6.45, 7) is -1.21. The molecule has 0 saturated carbocycles. The first kappa shape index (κ1) is 16.2. The van der Waals surface area contributed by atoms with Gasteiger partial charge in [0.25, 0.3) is 0 Å². The number of anilines is 1. The Kier molecular flexibility index (Phi) is 4.70. The summed E-state index contributed by atoms with van der Waals surface area (Å²) in [6.07, 6.45) is -4.74. The van der Waals surface area contributed by atoms with E-state index in [1.54, 1.807) is 6.07 Å². The van der Waals surface area contributed by atoms with Crippen molar-refractivity contribution in [3.8, 4) is 6.07 Å². The van der Waals surface area contributed by atoms with Crippen molar-refractivity contribution in [1.29, 1.82) is 5.26 Å². The number of alkyl halides is 3. The van der Waals surface area contributed by atoms with E-state index in [9.17, 15) is 22.8 Å². The Bertz CT molecular complexity index is 593. The van der Waals surface area contributed by atoms with Crippen molar-refractivity contribution in [1.82, 2.24) is 4.98 Å². The van der Waals surface area contributed by atoms with Crippen LogP contribution in [0.5, 0.6) is 0 Å². The largest absolute Gasteiger partial charge is 0.433 e. The van der Waals surface area contributed by atoms with Crippen molar-refractivity contribution in [2.45, 2.75) is 6.18 Å². The van der Waals surface area contributed by atoms with Gasteiger partial charge in [-0.05, 0) is 12.1 Å². The summed E-state index contributed by atoms with van der Waals surface area (Å²) in [7, 11) is 0. The number of primary amides is 2. The zero-order valence-corrected chi connectivity index (χ0v) is 10.5. The number of rotatable bonds is 5. The van der Waals surface area contributed by atoms with Crippen molar-refractivity contribution in [3.05, 3.63) is 23.4 Å². The molecule has 0 bridgehead atoms. The summed E-state index contributed by atoms with van der Waals surface area (Å²) in [5, 5.41) is 8.90. The van der Waals surface area contributed by atoms with Gasteiger partial charge in [-0.2, -0.15) is 18.4 Å². The van der Waals surface area contributed by atoms with Crippen LogP contribution in [-0.4, -0.2) is 29.9 Å². The molecule has 1 aromatic rings. The molecule has 0 atom stereocenters. The summed E-state index contributed by atoms with van der Waals surface area (Å²) >= 11 is 0. The van der Waals surface area contributed by atoms with Gasteiger partial charge in [0.05, 0.1) is 18.7 Å². The quantitative estimate of drug-likeness (QED) is 0.775. The number of nitrogens with two attached hydrogens (primary N) is 2. The first-order valence-corrected chi connectivity index (χ1v) is 5.45. The molecule has 21 heavy (non-hydrogen) atoms. The Morgan fingerprint density at radius 1 is 1.24 bits per heavy atom. The molecule has 0 radical (unpaired) electrons. The lowest BCUT2D eigenvalue weighted by Crippen LogP contribution is -2.40. The number of amides is 2. The number of halogens is 3. The average Bonchev–Trinajstić information content (AvgIpc) is 2.35. The fourth-order valence-corrected chi connectivity index (χ4v) is 1.52. The average molecular weight is 301 g/mol. The summed E-state index contributed by atoms with van der Waals surface area (Å²) in [6, 6.07) is 3.13. The first-order valence-electron chi connectivity index (χ1n) is 5.45. The normalized spacial score (nSPS) is 10.8. The van der Waals surface area contributed by atoms with Crippen LogP contribution in [0.15, 0.2) is 12.1 Å². The zero-order valence-electron chi connectivity index (χ0n) is 10.5. The topological polar surface area (TPSA) is 126 Å². The smallest absolute Gasteiger partial charge is 0.368 e. The SMILES string of the molecule is N#Cc1ccc(C(F)(F)F)nc1N(CC(N)=O)CC(N)=O. The van der Waals surface area contributed by atoms with Crippen molar-refractivity contribution in [2.75, 3.05) is 18.0 Å². The molecule has 0 aromatic carbocycles. The van der Waals surface area contributed by atoms with Gasteiger partial charge >= 0.3 is 6.18 Å². The van der Waals surface area contributed by atoms with Crippen molar-refractivity contribution in [2.24, 2.45) is 11.5 Å². The lowest BCUT2D eigenvalue weighted by molar-refractivity contribution is -0.141. The third-order valence-corrected chi connectivity index (χ3v) is 2.28. The van der Waals surface area contributed by atoms with E-state index in [1.807, 2.05) is 0 Å². The van der Waals surface area contributed by atoms with Crippen LogP contribution in [0.3, 0.4) is 0 Å². The van der Waals surface area contributed by atoms with Crippen LogP contribution in [0.25, 0.3) is 0 Å². The fourth-order valence-electron chi connectivity index (χ4n) is 1.52. The van der Waals surface area contributed by atoms with Crippen LogP contribution >= 0.6 is 0 Å². The Morgan fingerprint density at radius 2 is 1.76 bits per heavy atom. The molecule has 1 heterocycles. The molecule has 2 amide bonds. The summed E-state index contributed by atoms with van der Waals surface area (Å²) < 4.78 is 37.9. The van der Waals surface area contributed by atoms with Crippen molar-refractivity contribution in [3.63, 3.8) is 0 Å². The van der Waals surface area contributed by atoms with E-state index in [2.05, 4.69) is 4.98 Å². The molecule has 112 valence electrons. The number of aromatic nitrogens is 1. The maximum atomic E-state index is 12.6. The third kappa shape index (κ3) is 4.34. The highest BCUT2D eigenvalue weighted by molar-refractivity contribution is 5.85. The van der Waals surface area contributed by atoms with Crippen molar-refractivity contribution >= 4 is 17.6 Å². The molecule has 0 unspecified atom stereocenters. The van der Waals surface area contributed by atoms with Crippen LogP contribution in [-0.2, 0) is 15.8 Å². The van der Waals surface area contributed by atoms with Gasteiger partial charge in [0.1, 0.15) is 17.6 Å².